The van der Waals surface area contributed by atoms with Crippen molar-refractivity contribution < 1.29 is 30.9 Å². The summed E-state index contributed by atoms with van der Waals surface area (Å²) in [7, 11) is -5.55. The van der Waals surface area contributed by atoms with Crippen LogP contribution in [0.1, 0.15) is 42.5 Å². The molecule has 0 saturated heterocycles. The zero-order valence-electron chi connectivity index (χ0n) is 14.5. The van der Waals surface area contributed by atoms with Crippen LogP contribution in [0.2, 0.25) is 0 Å². The average Bonchev–Trinajstić information content (AvgIpc) is 2.59. The van der Waals surface area contributed by atoms with E-state index in [2.05, 4.69) is 4.18 Å². The van der Waals surface area contributed by atoms with Crippen molar-refractivity contribution in [1.29, 1.82) is 0 Å². The summed E-state index contributed by atoms with van der Waals surface area (Å²) in [6.45, 7) is 8.00. The lowest BCUT2D eigenvalue weighted by Crippen LogP contribution is -2.27. The maximum atomic E-state index is 11.8. The number of hydrogen-bond donors (Lipinski definition) is 1. The van der Waals surface area contributed by atoms with Crippen LogP contribution < -0.4 is 4.18 Å². The van der Waals surface area contributed by atoms with E-state index in [0.29, 0.717) is 5.75 Å². The van der Waals surface area contributed by atoms with Crippen molar-refractivity contribution >= 4 is 10.1 Å². The minimum absolute atomic E-state index is 0. The van der Waals surface area contributed by atoms with Crippen molar-refractivity contribution in [2.24, 2.45) is 0 Å². The third-order valence-electron chi connectivity index (χ3n) is 1.99. The van der Waals surface area contributed by atoms with Gasteiger partial charge in [-0.25, -0.2) is 0 Å². The molecule has 0 spiro atoms. The molecule has 0 atom stereocenters. The van der Waals surface area contributed by atoms with Crippen molar-refractivity contribution in [1.82, 2.24) is 0 Å². The highest BCUT2D eigenvalue weighted by atomic mass is 32.2. The number of halogens is 3. The topological polar surface area (TPSA) is 63.6 Å². The number of rotatable bonds is 2. The number of aromatic hydroxyl groups is 1. The molecular formula is C19H31F3O4S. The Bertz CT molecular complexity index is 644. The van der Waals surface area contributed by atoms with Gasteiger partial charge in [0.1, 0.15) is 11.5 Å². The third-order valence-corrected chi connectivity index (χ3v) is 2.97. The molecule has 2 rings (SSSR count). The fourth-order valence-electron chi connectivity index (χ4n) is 1.08. The summed E-state index contributed by atoms with van der Waals surface area (Å²) in [5.74, 6) is -0.0488. The lowest BCUT2D eigenvalue weighted by molar-refractivity contribution is -0.0500. The van der Waals surface area contributed by atoms with E-state index in [-0.39, 0.29) is 20.6 Å². The fourth-order valence-corrected chi connectivity index (χ4v) is 1.54. The van der Waals surface area contributed by atoms with Gasteiger partial charge in [-0.1, -0.05) is 78.9 Å². The van der Waals surface area contributed by atoms with Gasteiger partial charge in [0.15, 0.2) is 0 Å². The van der Waals surface area contributed by atoms with Crippen LogP contribution in [0.15, 0.2) is 60.7 Å². The number of phenols is 1. The molecule has 2 aromatic rings. The fraction of sp³-hybridized carbons (Fsp3) is 0.368. The van der Waals surface area contributed by atoms with Crippen LogP contribution in [0.4, 0.5) is 13.2 Å². The lowest BCUT2D eigenvalue weighted by Gasteiger charge is -2.08. The van der Waals surface area contributed by atoms with E-state index < -0.39 is 15.6 Å². The second-order valence-corrected chi connectivity index (χ2v) is 5.17. The molecule has 27 heavy (non-hydrogen) atoms. The first-order chi connectivity index (χ1) is 11.7. The van der Waals surface area contributed by atoms with Crippen LogP contribution >= 0.6 is 0 Å². The van der Waals surface area contributed by atoms with Crippen LogP contribution in [-0.2, 0) is 10.1 Å². The molecule has 0 radical (unpaired) electrons. The van der Waals surface area contributed by atoms with E-state index in [9.17, 15) is 21.6 Å². The van der Waals surface area contributed by atoms with Crippen molar-refractivity contribution in [3.63, 3.8) is 0 Å². The molecule has 0 amide bonds. The summed E-state index contributed by atoms with van der Waals surface area (Å²) in [6, 6.07) is 15.2. The van der Waals surface area contributed by atoms with E-state index >= 15 is 0 Å². The molecule has 0 heterocycles. The van der Waals surface area contributed by atoms with Crippen LogP contribution in [0.5, 0.6) is 11.5 Å². The van der Waals surface area contributed by atoms with Gasteiger partial charge in [-0.15, -0.1) is 0 Å². The summed E-state index contributed by atoms with van der Waals surface area (Å²) in [6.07, 6.45) is 0. The maximum Gasteiger partial charge on any atom is 0.534 e. The quantitative estimate of drug-likeness (QED) is 0.444. The summed E-state index contributed by atoms with van der Waals surface area (Å²) < 4.78 is 60.2. The number of hydrogen-bond acceptors (Lipinski definition) is 4. The number of alkyl halides is 3. The van der Waals surface area contributed by atoms with E-state index in [1.54, 1.807) is 24.3 Å². The average molecular weight is 413 g/mol. The van der Waals surface area contributed by atoms with E-state index in [4.69, 9.17) is 5.11 Å². The lowest BCUT2D eigenvalue weighted by atomic mass is 10.3. The van der Waals surface area contributed by atoms with Crippen molar-refractivity contribution in [2.45, 2.75) is 48.1 Å². The molecule has 1 N–H and O–H groups in total. The first-order valence-electron chi connectivity index (χ1n) is 7.52. The molecule has 0 aromatic heterocycles. The zero-order valence-corrected chi connectivity index (χ0v) is 15.3. The zero-order chi connectivity index (χ0) is 19.9. The van der Waals surface area contributed by atoms with Crippen LogP contribution in [-0.4, -0.2) is 19.0 Å². The SMILES string of the molecule is C.C.CC.CC.O=S(=O)(Oc1ccccc1)C(F)(F)F.Oc1ccccc1. The van der Waals surface area contributed by atoms with E-state index in [1.165, 1.54) is 18.2 Å². The predicted molar refractivity (Wildman–Crippen MR) is 106 cm³/mol. The molecule has 158 valence electrons. The molecule has 0 aliphatic rings. The Morgan fingerprint density at radius 3 is 1.37 bits per heavy atom. The molecule has 0 saturated carbocycles. The second-order valence-electron chi connectivity index (χ2n) is 3.63. The van der Waals surface area contributed by atoms with Gasteiger partial charge in [0.2, 0.25) is 0 Å². The third kappa shape index (κ3) is 14.6. The Hall–Kier alpha value is -2.22. The summed E-state index contributed by atoms with van der Waals surface area (Å²) in [4.78, 5) is 0. The van der Waals surface area contributed by atoms with Crippen LogP contribution in [0.25, 0.3) is 0 Å². The van der Waals surface area contributed by atoms with Gasteiger partial charge in [-0.3, -0.25) is 0 Å². The van der Waals surface area contributed by atoms with Crippen molar-refractivity contribution in [3.8, 4) is 11.5 Å². The van der Waals surface area contributed by atoms with Gasteiger partial charge in [0.05, 0.1) is 0 Å². The molecular weight excluding hydrogens is 381 g/mol. The minimum Gasteiger partial charge on any atom is -0.508 e. The number of phenolic OH excluding ortho intramolecular Hbond substituents is 1. The van der Waals surface area contributed by atoms with Gasteiger partial charge in [-0.2, -0.15) is 21.6 Å². The highest BCUT2D eigenvalue weighted by Crippen LogP contribution is 2.26. The normalized spacial score (nSPS) is 9.15. The first kappa shape index (κ1) is 32.5. The molecule has 4 nitrogen and oxygen atoms in total. The molecule has 0 unspecified atom stereocenters. The first-order valence-corrected chi connectivity index (χ1v) is 8.93. The summed E-state index contributed by atoms with van der Waals surface area (Å²) in [5.41, 5.74) is -5.40. The number of para-hydroxylation sites is 2. The van der Waals surface area contributed by atoms with Gasteiger partial charge >= 0.3 is 15.6 Å². The summed E-state index contributed by atoms with van der Waals surface area (Å²) >= 11 is 0. The maximum absolute atomic E-state index is 11.8. The molecule has 2 aromatic carbocycles. The van der Waals surface area contributed by atoms with Gasteiger partial charge in [-0.05, 0) is 24.3 Å². The van der Waals surface area contributed by atoms with Crippen molar-refractivity contribution in [3.05, 3.63) is 60.7 Å². The van der Waals surface area contributed by atoms with Crippen LogP contribution in [0.3, 0.4) is 0 Å². The molecule has 0 aliphatic heterocycles. The molecule has 8 heteroatoms. The highest BCUT2D eigenvalue weighted by Gasteiger charge is 2.48. The molecule has 0 fully saturated rings. The Labute approximate surface area is 161 Å². The second kappa shape index (κ2) is 17.2. The van der Waals surface area contributed by atoms with E-state index in [0.717, 1.165) is 12.1 Å². The Morgan fingerprint density at radius 1 is 0.778 bits per heavy atom. The Morgan fingerprint density at radius 2 is 1.11 bits per heavy atom. The monoisotopic (exact) mass is 412 g/mol. The van der Waals surface area contributed by atoms with Crippen LogP contribution in [0, 0.1) is 0 Å². The highest BCUT2D eigenvalue weighted by molar-refractivity contribution is 7.87. The largest absolute Gasteiger partial charge is 0.534 e. The van der Waals surface area contributed by atoms with E-state index in [1.807, 2.05) is 33.8 Å². The standard InChI is InChI=1S/C7H5F3O3S.C6H6O.2C2H6.2CH4/c8-7(9,10)14(11,12)13-6-4-2-1-3-5-6;7-6-4-2-1-3-5-6;2*1-2;;/h1-5H;1-5,7H;2*1-2H3;2*1H4. The summed E-state index contributed by atoms with van der Waals surface area (Å²) in [5, 5.41) is 8.63. The predicted octanol–water partition coefficient (Wildman–Crippen LogP) is 6.63. The Kier molecular flexibility index (Phi) is 20.7. The minimum atomic E-state index is -5.55. The molecule has 0 aliphatic carbocycles. The van der Waals surface area contributed by atoms with Gasteiger partial charge < -0.3 is 9.29 Å². The molecule has 0 bridgehead atoms. The van der Waals surface area contributed by atoms with Gasteiger partial charge in [0, 0.05) is 0 Å². The smallest absolute Gasteiger partial charge is 0.508 e. The Balaban J connectivity index is -0.000000173. The van der Waals surface area contributed by atoms with Gasteiger partial charge in [0.25, 0.3) is 0 Å². The number of benzene rings is 2. The van der Waals surface area contributed by atoms with Crippen molar-refractivity contribution in [2.75, 3.05) is 0 Å².